The van der Waals surface area contributed by atoms with Crippen LogP contribution in [0.1, 0.15) is 34.6 Å². The summed E-state index contributed by atoms with van der Waals surface area (Å²) in [7, 11) is 0. The zero-order valence-electron chi connectivity index (χ0n) is 15.1. The second-order valence-electron chi connectivity index (χ2n) is 7.32. The minimum Gasteiger partial charge on any atom is -0.444 e. The third kappa shape index (κ3) is 5.09. The van der Waals surface area contributed by atoms with E-state index in [-0.39, 0.29) is 11.7 Å². The Labute approximate surface area is 151 Å². The van der Waals surface area contributed by atoms with E-state index in [1.54, 1.807) is 17.0 Å². The topological polar surface area (TPSA) is 81.9 Å². The molecule has 0 bridgehead atoms. The van der Waals surface area contributed by atoms with Gasteiger partial charge in [0.1, 0.15) is 11.3 Å². The molecule has 1 fully saturated rings. The summed E-state index contributed by atoms with van der Waals surface area (Å²) in [4.78, 5) is 25.4. The molecule has 1 saturated heterocycles. The highest BCUT2D eigenvalue weighted by atomic mass is 32.2. The summed E-state index contributed by atoms with van der Waals surface area (Å²) in [5.74, 6) is 0.612. The molecule has 0 aliphatic carbocycles. The van der Waals surface area contributed by atoms with Crippen LogP contribution in [0.15, 0.2) is 29.2 Å². The van der Waals surface area contributed by atoms with Crippen LogP contribution in [0.2, 0.25) is 0 Å². The van der Waals surface area contributed by atoms with Crippen LogP contribution in [-0.4, -0.2) is 45.6 Å². The van der Waals surface area contributed by atoms with Crippen LogP contribution in [0.3, 0.4) is 0 Å². The lowest BCUT2D eigenvalue weighted by molar-refractivity contribution is -0.384. The van der Waals surface area contributed by atoms with Gasteiger partial charge in [0.25, 0.3) is 5.69 Å². The van der Waals surface area contributed by atoms with Gasteiger partial charge in [-0.15, -0.1) is 11.8 Å². The molecule has 1 amide bonds. The van der Waals surface area contributed by atoms with Gasteiger partial charge in [-0.1, -0.05) is 0 Å². The van der Waals surface area contributed by atoms with Gasteiger partial charge >= 0.3 is 6.09 Å². The fourth-order valence-electron chi connectivity index (χ4n) is 2.54. The molecule has 2 rings (SSSR count). The smallest absolute Gasteiger partial charge is 0.412 e. The van der Waals surface area contributed by atoms with Gasteiger partial charge in [-0.25, -0.2) is 4.79 Å². The second kappa shape index (κ2) is 7.21. The van der Waals surface area contributed by atoms with Crippen LogP contribution in [0.5, 0.6) is 0 Å². The minimum atomic E-state index is -0.733. The average molecular weight is 368 g/mol. The van der Waals surface area contributed by atoms with Crippen molar-refractivity contribution in [2.24, 2.45) is 0 Å². The predicted octanol–water partition coefficient (Wildman–Crippen LogP) is 4.06. The van der Waals surface area contributed by atoms with E-state index in [0.717, 1.165) is 4.90 Å². The molecule has 0 unspecified atom stereocenters. The highest BCUT2D eigenvalue weighted by Crippen LogP contribution is 2.32. The molecule has 0 aromatic heterocycles. The Bertz CT molecular complexity index is 639. The van der Waals surface area contributed by atoms with Crippen molar-refractivity contribution < 1.29 is 19.2 Å². The quantitative estimate of drug-likeness (QED) is 0.453. The fourth-order valence-corrected chi connectivity index (χ4v) is 3.50. The molecule has 0 radical (unpaired) electrons. The Morgan fingerprint density at radius 1 is 1.40 bits per heavy atom. The molecule has 1 heterocycles. The van der Waals surface area contributed by atoms with Gasteiger partial charge in [0.2, 0.25) is 0 Å². The SMILES string of the molecule is CC(C)(C)OC(=O)N1[C@H](CSc2ccc([N+](=O)[O-])cc2)COC1(C)C. The first-order valence-electron chi connectivity index (χ1n) is 8.03. The average Bonchev–Trinajstić information content (AvgIpc) is 2.78. The van der Waals surface area contributed by atoms with Gasteiger partial charge in [0, 0.05) is 22.8 Å². The van der Waals surface area contributed by atoms with Gasteiger partial charge in [-0.3, -0.25) is 15.0 Å². The van der Waals surface area contributed by atoms with E-state index in [2.05, 4.69) is 0 Å². The number of amides is 1. The highest BCUT2D eigenvalue weighted by Gasteiger charge is 2.45. The number of nitro benzene ring substituents is 1. The summed E-state index contributed by atoms with van der Waals surface area (Å²) < 4.78 is 11.3. The number of thioether (sulfide) groups is 1. The first-order chi connectivity index (χ1) is 11.5. The molecule has 1 aromatic carbocycles. The van der Waals surface area contributed by atoms with E-state index in [4.69, 9.17) is 9.47 Å². The van der Waals surface area contributed by atoms with E-state index in [0.29, 0.717) is 12.4 Å². The van der Waals surface area contributed by atoms with Crippen molar-refractivity contribution in [1.82, 2.24) is 4.90 Å². The third-order valence-electron chi connectivity index (χ3n) is 3.65. The number of hydrogen-bond donors (Lipinski definition) is 0. The van der Waals surface area contributed by atoms with E-state index < -0.39 is 22.3 Å². The van der Waals surface area contributed by atoms with Crippen molar-refractivity contribution in [3.63, 3.8) is 0 Å². The Balaban J connectivity index is 2.04. The molecule has 25 heavy (non-hydrogen) atoms. The van der Waals surface area contributed by atoms with Crippen LogP contribution in [0.4, 0.5) is 10.5 Å². The highest BCUT2D eigenvalue weighted by molar-refractivity contribution is 7.99. The lowest BCUT2D eigenvalue weighted by Gasteiger charge is -2.35. The van der Waals surface area contributed by atoms with Crippen LogP contribution in [-0.2, 0) is 9.47 Å². The van der Waals surface area contributed by atoms with Crippen molar-refractivity contribution in [2.45, 2.75) is 56.9 Å². The van der Waals surface area contributed by atoms with Gasteiger partial charge in [0.05, 0.1) is 17.6 Å². The number of hydrogen-bond acceptors (Lipinski definition) is 6. The third-order valence-corrected chi connectivity index (χ3v) is 4.81. The largest absolute Gasteiger partial charge is 0.444 e. The summed E-state index contributed by atoms with van der Waals surface area (Å²) in [6.45, 7) is 9.59. The van der Waals surface area contributed by atoms with Gasteiger partial charge in [0.15, 0.2) is 0 Å². The summed E-state index contributed by atoms with van der Waals surface area (Å²) in [6.07, 6.45) is -0.399. The zero-order valence-corrected chi connectivity index (χ0v) is 16.0. The molecular formula is C17H24N2O5S. The van der Waals surface area contributed by atoms with Gasteiger partial charge < -0.3 is 9.47 Å². The van der Waals surface area contributed by atoms with E-state index in [1.165, 1.54) is 23.9 Å². The maximum atomic E-state index is 12.6. The first kappa shape index (κ1) is 19.5. The number of non-ortho nitro benzene ring substituents is 1. The Hall–Kier alpha value is -1.80. The van der Waals surface area contributed by atoms with Crippen molar-refractivity contribution >= 4 is 23.5 Å². The van der Waals surface area contributed by atoms with E-state index in [1.807, 2.05) is 34.6 Å². The number of carbonyl (C=O) groups is 1. The van der Waals surface area contributed by atoms with Crippen molar-refractivity contribution in [3.05, 3.63) is 34.4 Å². The molecule has 8 heteroatoms. The number of ether oxygens (including phenoxy) is 2. The summed E-state index contributed by atoms with van der Waals surface area (Å²) in [6, 6.07) is 6.24. The van der Waals surface area contributed by atoms with Crippen molar-refractivity contribution in [2.75, 3.05) is 12.4 Å². The van der Waals surface area contributed by atoms with Crippen LogP contribution >= 0.6 is 11.8 Å². The summed E-state index contributed by atoms with van der Waals surface area (Å²) in [5, 5.41) is 10.7. The molecule has 1 atom stereocenters. The molecule has 0 N–H and O–H groups in total. The molecule has 0 saturated carbocycles. The lowest BCUT2D eigenvalue weighted by Crippen LogP contribution is -2.50. The summed E-state index contributed by atoms with van der Waals surface area (Å²) >= 11 is 1.53. The maximum Gasteiger partial charge on any atom is 0.412 e. The standard InChI is InChI=1S/C17H24N2O5S/c1-16(2,3)24-15(20)18-13(10-23-17(18,4)5)11-25-14-8-6-12(7-9-14)19(21)22/h6-9,13H,10-11H2,1-5H3/t13-/m0/s1. The first-order valence-corrected chi connectivity index (χ1v) is 9.02. The predicted molar refractivity (Wildman–Crippen MR) is 95.7 cm³/mol. The van der Waals surface area contributed by atoms with Crippen molar-refractivity contribution in [1.29, 1.82) is 0 Å². The van der Waals surface area contributed by atoms with Crippen LogP contribution in [0.25, 0.3) is 0 Å². The maximum absolute atomic E-state index is 12.6. The van der Waals surface area contributed by atoms with Gasteiger partial charge in [-0.2, -0.15) is 0 Å². The summed E-state index contributed by atoms with van der Waals surface area (Å²) in [5.41, 5.74) is -1.25. The number of rotatable bonds is 4. The lowest BCUT2D eigenvalue weighted by atomic mass is 10.2. The molecule has 1 aliphatic rings. The van der Waals surface area contributed by atoms with Crippen LogP contribution < -0.4 is 0 Å². The number of benzene rings is 1. The Morgan fingerprint density at radius 2 is 2.00 bits per heavy atom. The molecule has 138 valence electrons. The number of nitro groups is 1. The Morgan fingerprint density at radius 3 is 2.52 bits per heavy atom. The molecule has 7 nitrogen and oxygen atoms in total. The molecular weight excluding hydrogens is 344 g/mol. The molecule has 1 aromatic rings. The normalized spacial score (nSPS) is 19.7. The Kier molecular flexibility index (Phi) is 5.63. The van der Waals surface area contributed by atoms with Gasteiger partial charge in [-0.05, 0) is 46.8 Å². The molecule has 0 spiro atoms. The van der Waals surface area contributed by atoms with Crippen LogP contribution in [0, 0.1) is 10.1 Å². The second-order valence-corrected chi connectivity index (χ2v) is 8.42. The van der Waals surface area contributed by atoms with Crippen molar-refractivity contribution in [3.8, 4) is 0 Å². The fraction of sp³-hybridized carbons (Fsp3) is 0.588. The number of nitrogens with zero attached hydrogens (tertiary/aromatic N) is 2. The zero-order chi connectivity index (χ0) is 18.8. The van der Waals surface area contributed by atoms with E-state index >= 15 is 0 Å². The van der Waals surface area contributed by atoms with E-state index in [9.17, 15) is 14.9 Å². The number of carbonyl (C=O) groups excluding carboxylic acids is 1. The molecule has 1 aliphatic heterocycles. The minimum absolute atomic E-state index is 0.0602. The monoisotopic (exact) mass is 368 g/mol.